The van der Waals surface area contributed by atoms with Crippen LogP contribution < -0.4 is 10.6 Å². The summed E-state index contributed by atoms with van der Waals surface area (Å²) in [4.78, 5) is 0. The molecule has 0 radical (unpaired) electrons. The lowest BCUT2D eigenvalue weighted by Gasteiger charge is -2.07. The lowest BCUT2D eigenvalue weighted by atomic mass is 10.1. The first kappa shape index (κ1) is 14.8. The lowest BCUT2D eigenvalue weighted by molar-refractivity contribution is 0.611. The molecule has 0 heterocycles. The fraction of sp³-hybridized carbons (Fsp3) is 0.333. The first-order chi connectivity index (χ1) is 9.74. The van der Waals surface area contributed by atoms with Gasteiger partial charge in [-0.15, -0.1) is 0 Å². The molecule has 2 heteroatoms. The molecule has 0 unspecified atom stereocenters. The molecule has 2 aromatic rings. The van der Waals surface area contributed by atoms with Crippen molar-refractivity contribution in [3.05, 3.63) is 70.8 Å². The maximum absolute atomic E-state index is 3.45. The minimum absolute atomic E-state index is 0.937. The molecule has 0 aromatic heterocycles. The summed E-state index contributed by atoms with van der Waals surface area (Å²) in [5.74, 6) is 0. The highest BCUT2D eigenvalue weighted by Crippen LogP contribution is 2.03. The van der Waals surface area contributed by atoms with E-state index in [0.717, 1.165) is 26.2 Å². The minimum Gasteiger partial charge on any atom is -0.311 e. The third kappa shape index (κ3) is 5.16. The molecule has 0 amide bonds. The largest absolute Gasteiger partial charge is 0.311 e. The van der Waals surface area contributed by atoms with Crippen molar-refractivity contribution < 1.29 is 0 Å². The standard InChI is InChI=1S/C18H24N2/c1-15-3-7-17(8-4-15)13-19-11-12-20-14-18-9-5-16(2)6-10-18/h3-10,19-20H,11-14H2,1-2H3. The zero-order chi connectivity index (χ0) is 14.2. The Hall–Kier alpha value is -1.64. The summed E-state index contributed by atoms with van der Waals surface area (Å²) in [5.41, 5.74) is 5.31. The Morgan fingerprint density at radius 2 is 0.950 bits per heavy atom. The van der Waals surface area contributed by atoms with Gasteiger partial charge in [-0.25, -0.2) is 0 Å². The van der Waals surface area contributed by atoms with Crippen molar-refractivity contribution in [2.45, 2.75) is 26.9 Å². The van der Waals surface area contributed by atoms with Crippen LogP contribution in [-0.2, 0) is 13.1 Å². The van der Waals surface area contributed by atoms with Crippen molar-refractivity contribution in [2.24, 2.45) is 0 Å². The zero-order valence-corrected chi connectivity index (χ0v) is 12.4. The monoisotopic (exact) mass is 268 g/mol. The van der Waals surface area contributed by atoms with Crippen molar-refractivity contribution >= 4 is 0 Å². The smallest absolute Gasteiger partial charge is 0.0206 e. The lowest BCUT2D eigenvalue weighted by Crippen LogP contribution is -2.26. The van der Waals surface area contributed by atoms with E-state index >= 15 is 0 Å². The van der Waals surface area contributed by atoms with Crippen LogP contribution in [-0.4, -0.2) is 13.1 Å². The summed E-state index contributed by atoms with van der Waals surface area (Å²) in [7, 11) is 0. The fourth-order valence-corrected chi connectivity index (χ4v) is 2.05. The average molecular weight is 268 g/mol. The van der Waals surface area contributed by atoms with Crippen LogP contribution in [0.3, 0.4) is 0 Å². The Bertz CT molecular complexity index is 450. The molecule has 2 rings (SSSR count). The fourth-order valence-electron chi connectivity index (χ4n) is 2.05. The van der Waals surface area contributed by atoms with Gasteiger partial charge < -0.3 is 10.6 Å². The Morgan fingerprint density at radius 3 is 1.30 bits per heavy atom. The quantitative estimate of drug-likeness (QED) is 0.754. The van der Waals surface area contributed by atoms with Gasteiger partial charge in [0.05, 0.1) is 0 Å². The van der Waals surface area contributed by atoms with Crippen molar-refractivity contribution in [1.29, 1.82) is 0 Å². The molecule has 2 N–H and O–H groups in total. The van der Waals surface area contributed by atoms with E-state index in [1.165, 1.54) is 22.3 Å². The number of hydrogen-bond donors (Lipinski definition) is 2. The molecule has 0 aliphatic heterocycles. The Labute approximate surface area is 122 Å². The van der Waals surface area contributed by atoms with E-state index in [2.05, 4.69) is 73.0 Å². The Kier molecular flexibility index (Phi) is 5.78. The summed E-state index contributed by atoms with van der Waals surface area (Å²) in [5, 5.41) is 6.91. The van der Waals surface area contributed by atoms with Crippen LogP contribution in [0, 0.1) is 13.8 Å². The molecular formula is C18H24N2. The van der Waals surface area contributed by atoms with Gasteiger partial charge in [-0.1, -0.05) is 59.7 Å². The van der Waals surface area contributed by atoms with Crippen LogP contribution in [0.25, 0.3) is 0 Å². The third-order valence-corrected chi connectivity index (χ3v) is 3.38. The molecule has 0 bridgehead atoms. The van der Waals surface area contributed by atoms with Crippen molar-refractivity contribution in [2.75, 3.05) is 13.1 Å². The van der Waals surface area contributed by atoms with E-state index in [0.29, 0.717) is 0 Å². The molecular weight excluding hydrogens is 244 g/mol. The van der Waals surface area contributed by atoms with Gasteiger partial charge in [0.1, 0.15) is 0 Å². The molecule has 0 aliphatic carbocycles. The van der Waals surface area contributed by atoms with Gasteiger partial charge >= 0.3 is 0 Å². The maximum Gasteiger partial charge on any atom is 0.0206 e. The summed E-state index contributed by atoms with van der Waals surface area (Å²) >= 11 is 0. The third-order valence-electron chi connectivity index (χ3n) is 3.38. The van der Waals surface area contributed by atoms with E-state index in [-0.39, 0.29) is 0 Å². The highest BCUT2D eigenvalue weighted by molar-refractivity contribution is 5.21. The van der Waals surface area contributed by atoms with Gasteiger partial charge in [0.2, 0.25) is 0 Å². The van der Waals surface area contributed by atoms with Crippen molar-refractivity contribution in [3.63, 3.8) is 0 Å². The molecule has 106 valence electrons. The first-order valence-electron chi connectivity index (χ1n) is 7.26. The highest BCUT2D eigenvalue weighted by Gasteiger charge is 1.94. The second kappa shape index (κ2) is 7.83. The van der Waals surface area contributed by atoms with Gasteiger partial charge in [-0.05, 0) is 25.0 Å². The SMILES string of the molecule is Cc1ccc(CNCCNCc2ccc(C)cc2)cc1. The molecule has 0 saturated carbocycles. The first-order valence-corrected chi connectivity index (χ1v) is 7.26. The van der Waals surface area contributed by atoms with Gasteiger partial charge in [0, 0.05) is 26.2 Å². The number of aryl methyl sites for hydroxylation is 2. The van der Waals surface area contributed by atoms with Crippen LogP contribution in [0.15, 0.2) is 48.5 Å². The summed E-state index contributed by atoms with van der Waals surface area (Å²) in [6, 6.07) is 17.4. The van der Waals surface area contributed by atoms with E-state index in [1.54, 1.807) is 0 Å². The molecule has 0 fully saturated rings. The number of benzene rings is 2. The highest BCUT2D eigenvalue weighted by atomic mass is 14.9. The van der Waals surface area contributed by atoms with E-state index in [1.807, 2.05) is 0 Å². The molecule has 0 spiro atoms. The van der Waals surface area contributed by atoms with Crippen molar-refractivity contribution in [3.8, 4) is 0 Å². The molecule has 20 heavy (non-hydrogen) atoms. The second-order valence-electron chi connectivity index (χ2n) is 5.32. The zero-order valence-electron chi connectivity index (χ0n) is 12.4. The minimum atomic E-state index is 0.937. The van der Waals surface area contributed by atoms with Gasteiger partial charge in [-0.2, -0.15) is 0 Å². The molecule has 0 atom stereocenters. The number of hydrogen-bond acceptors (Lipinski definition) is 2. The molecule has 0 saturated heterocycles. The van der Waals surface area contributed by atoms with Crippen LogP contribution in [0.2, 0.25) is 0 Å². The normalized spacial score (nSPS) is 10.7. The van der Waals surface area contributed by atoms with E-state index in [4.69, 9.17) is 0 Å². The van der Waals surface area contributed by atoms with Gasteiger partial charge in [0.15, 0.2) is 0 Å². The molecule has 0 aliphatic rings. The van der Waals surface area contributed by atoms with Gasteiger partial charge in [-0.3, -0.25) is 0 Å². The molecule has 2 aromatic carbocycles. The summed E-state index contributed by atoms with van der Waals surface area (Å²) < 4.78 is 0. The van der Waals surface area contributed by atoms with Gasteiger partial charge in [0.25, 0.3) is 0 Å². The maximum atomic E-state index is 3.45. The van der Waals surface area contributed by atoms with Crippen LogP contribution in [0.1, 0.15) is 22.3 Å². The Balaban J connectivity index is 1.57. The van der Waals surface area contributed by atoms with E-state index in [9.17, 15) is 0 Å². The predicted molar refractivity (Wildman–Crippen MR) is 85.8 cm³/mol. The number of rotatable bonds is 7. The summed E-state index contributed by atoms with van der Waals surface area (Å²) in [6.45, 7) is 8.08. The van der Waals surface area contributed by atoms with Crippen LogP contribution in [0.4, 0.5) is 0 Å². The van der Waals surface area contributed by atoms with Crippen molar-refractivity contribution in [1.82, 2.24) is 10.6 Å². The Morgan fingerprint density at radius 1 is 0.600 bits per heavy atom. The second-order valence-corrected chi connectivity index (χ2v) is 5.32. The summed E-state index contributed by atoms with van der Waals surface area (Å²) in [6.07, 6.45) is 0. The van der Waals surface area contributed by atoms with E-state index < -0.39 is 0 Å². The number of nitrogens with one attached hydrogen (secondary N) is 2. The van der Waals surface area contributed by atoms with Crippen LogP contribution in [0.5, 0.6) is 0 Å². The topological polar surface area (TPSA) is 24.1 Å². The predicted octanol–water partition coefficient (Wildman–Crippen LogP) is 3.18. The average Bonchev–Trinajstić information content (AvgIpc) is 2.46. The molecule has 2 nitrogen and oxygen atoms in total. The van der Waals surface area contributed by atoms with Crippen LogP contribution >= 0.6 is 0 Å².